The highest BCUT2D eigenvalue weighted by atomic mass is 35.5. The van der Waals surface area contributed by atoms with Crippen molar-refractivity contribution in [3.8, 4) is 11.5 Å². The molecule has 2 aromatic rings. The van der Waals surface area contributed by atoms with Crippen LogP contribution in [0.15, 0.2) is 17.6 Å². The van der Waals surface area contributed by atoms with Crippen molar-refractivity contribution in [2.75, 3.05) is 26.1 Å². The summed E-state index contributed by atoms with van der Waals surface area (Å²) in [5.41, 5.74) is 3.83. The summed E-state index contributed by atoms with van der Waals surface area (Å²) in [6.45, 7) is 2.82. The van der Waals surface area contributed by atoms with Gasteiger partial charge in [0.2, 0.25) is 0 Å². The van der Waals surface area contributed by atoms with E-state index in [4.69, 9.17) is 21.1 Å². The van der Waals surface area contributed by atoms with Crippen LogP contribution in [0.4, 0.5) is 5.69 Å². The van der Waals surface area contributed by atoms with Gasteiger partial charge in [-0.05, 0) is 13.0 Å². The quantitative estimate of drug-likeness (QED) is 0.881. The molecule has 0 unspecified atom stereocenters. The summed E-state index contributed by atoms with van der Waals surface area (Å²) in [4.78, 5) is 5.53. The van der Waals surface area contributed by atoms with Crippen molar-refractivity contribution < 1.29 is 9.47 Å². The minimum atomic E-state index is 0.560. The smallest absolute Gasteiger partial charge is 0.145 e. The molecule has 108 valence electrons. The Morgan fingerprint density at radius 1 is 1.25 bits per heavy atom. The van der Waals surface area contributed by atoms with Crippen LogP contribution in [-0.4, -0.2) is 25.7 Å². The first kappa shape index (κ1) is 14.9. The molecule has 1 aromatic heterocycles. The molecule has 4 nitrogen and oxygen atoms in total. The average molecular weight is 313 g/mol. The summed E-state index contributed by atoms with van der Waals surface area (Å²) < 4.78 is 10.5. The summed E-state index contributed by atoms with van der Waals surface area (Å²) in [5.74, 6) is 1.32. The number of thiazole rings is 1. The molecule has 0 aliphatic heterocycles. The monoisotopic (exact) mass is 312 g/mol. The van der Waals surface area contributed by atoms with Gasteiger partial charge in [-0.1, -0.05) is 11.6 Å². The molecule has 0 atom stereocenters. The fourth-order valence-electron chi connectivity index (χ4n) is 1.88. The van der Waals surface area contributed by atoms with Gasteiger partial charge in [-0.3, -0.25) is 0 Å². The Bertz CT molecular complexity index is 587. The van der Waals surface area contributed by atoms with E-state index in [1.807, 2.05) is 18.5 Å². The maximum atomic E-state index is 6.13. The van der Waals surface area contributed by atoms with Crippen LogP contribution in [0.1, 0.15) is 10.6 Å². The zero-order valence-electron chi connectivity index (χ0n) is 11.7. The lowest BCUT2D eigenvalue weighted by molar-refractivity contribution is 0.395. The second-order valence-electron chi connectivity index (χ2n) is 4.22. The minimum absolute atomic E-state index is 0.560. The lowest BCUT2D eigenvalue weighted by Gasteiger charge is -2.13. The van der Waals surface area contributed by atoms with Crippen molar-refractivity contribution in [3.63, 3.8) is 0 Å². The number of ether oxygens (including phenoxy) is 2. The Balaban J connectivity index is 2.05. The Kier molecular flexibility index (Phi) is 5.09. The van der Waals surface area contributed by atoms with Crippen molar-refractivity contribution in [2.24, 2.45) is 0 Å². The highest BCUT2D eigenvalue weighted by Crippen LogP contribution is 2.35. The van der Waals surface area contributed by atoms with Gasteiger partial charge in [0.15, 0.2) is 0 Å². The molecule has 0 aliphatic rings. The van der Waals surface area contributed by atoms with Gasteiger partial charge in [0.1, 0.15) is 11.5 Å². The number of anilines is 1. The van der Waals surface area contributed by atoms with Crippen LogP contribution in [0.5, 0.6) is 11.5 Å². The van der Waals surface area contributed by atoms with E-state index in [0.29, 0.717) is 16.5 Å². The maximum absolute atomic E-state index is 6.13. The first-order valence-corrected chi connectivity index (χ1v) is 7.45. The lowest BCUT2D eigenvalue weighted by atomic mass is 10.2. The number of benzene rings is 1. The van der Waals surface area contributed by atoms with E-state index in [1.165, 1.54) is 4.88 Å². The lowest BCUT2D eigenvalue weighted by Crippen LogP contribution is -2.06. The number of aromatic nitrogens is 1. The van der Waals surface area contributed by atoms with E-state index in [0.717, 1.165) is 24.3 Å². The van der Waals surface area contributed by atoms with Crippen molar-refractivity contribution >= 4 is 28.6 Å². The SMILES string of the molecule is COc1cc(OC)c(NCCc2scnc2C)cc1Cl. The highest BCUT2D eigenvalue weighted by molar-refractivity contribution is 7.09. The van der Waals surface area contributed by atoms with E-state index in [-0.39, 0.29) is 0 Å². The normalized spacial score (nSPS) is 10.4. The van der Waals surface area contributed by atoms with E-state index in [2.05, 4.69) is 10.3 Å². The van der Waals surface area contributed by atoms with Gasteiger partial charge in [0.25, 0.3) is 0 Å². The summed E-state index contributed by atoms with van der Waals surface area (Å²) in [7, 11) is 3.21. The minimum Gasteiger partial charge on any atom is -0.495 e. The second kappa shape index (κ2) is 6.81. The van der Waals surface area contributed by atoms with Gasteiger partial charge in [-0.2, -0.15) is 0 Å². The van der Waals surface area contributed by atoms with Crippen molar-refractivity contribution in [1.29, 1.82) is 0 Å². The molecule has 20 heavy (non-hydrogen) atoms. The first-order chi connectivity index (χ1) is 9.65. The Morgan fingerprint density at radius 2 is 2.00 bits per heavy atom. The zero-order valence-corrected chi connectivity index (χ0v) is 13.3. The Labute approximate surface area is 127 Å². The number of hydrogen-bond donors (Lipinski definition) is 1. The third kappa shape index (κ3) is 3.35. The number of hydrogen-bond acceptors (Lipinski definition) is 5. The standard InChI is InChI=1S/C14H17ClN2O2S/c1-9-14(20-8-17-9)4-5-16-11-6-10(15)12(18-2)7-13(11)19-3/h6-8,16H,4-5H2,1-3H3. The summed E-state index contributed by atoms with van der Waals surface area (Å²) in [5, 5.41) is 3.90. The number of nitrogens with one attached hydrogen (secondary N) is 1. The van der Waals surface area contributed by atoms with Crippen LogP contribution >= 0.6 is 22.9 Å². The third-order valence-corrected chi connectivity index (χ3v) is 4.28. The van der Waals surface area contributed by atoms with Crippen LogP contribution in [0, 0.1) is 6.92 Å². The predicted molar refractivity (Wildman–Crippen MR) is 83.6 cm³/mol. The van der Waals surface area contributed by atoms with Crippen LogP contribution < -0.4 is 14.8 Å². The number of methoxy groups -OCH3 is 2. The van der Waals surface area contributed by atoms with Crippen molar-refractivity contribution in [3.05, 3.63) is 33.2 Å². The Morgan fingerprint density at radius 3 is 2.60 bits per heavy atom. The number of rotatable bonds is 6. The molecule has 1 N–H and O–H groups in total. The summed E-state index contributed by atoms with van der Waals surface area (Å²) in [6, 6.07) is 3.60. The molecule has 0 saturated carbocycles. The van der Waals surface area contributed by atoms with E-state index < -0.39 is 0 Å². The molecular formula is C14H17ClN2O2S. The van der Waals surface area contributed by atoms with Crippen LogP contribution in [0.2, 0.25) is 5.02 Å². The van der Waals surface area contributed by atoms with Crippen molar-refractivity contribution in [2.45, 2.75) is 13.3 Å². The molecule has 6 heteroatoms. The van der Waals surface area contributed by atoms with Gasteiger partial charge >= 0.3 is 0 Å². The third-order valence-electron chi connectivity index (χ3n) is 2.99. The molecule has 0 bridgehead atoms. The summed E-state index contributed by atoms with van der Waals surface area (Å²) >= 11 is 7.81. The van der Waals surface area contributed by atoms with Gasteiger partial charge in [0, 0.05) is 23.9 Å². The molecule has 1 heterocycles. The fourth-order valence-corrected chi connectivity index (χ4v) is 2.90. The largest absolute Gasteiger partial charge is 0.495 e. The number of nitrogens with zero attached hydrogens (tertiary/aromatic N) is 1. The van der Waals surface area contributed by atoms with Crippen molar-refractivity contribution in [1.82, 2.24) is 4.98 Å². The highest BCUT2D eigenvalue weighted by Gasteiger charge is 2.10. The van der Waals surface area contributed by atoms with Gasteiger partial charge in [-0.15, -0.1) is 11.3 Å². The number of halogens is 1. The van der Waals surface area contributed by atoms with Crippen LogP contribution in [0.25, 0.3) is 0 Å². The molecule has 0 radical (unpaired) electrons. The van der Waals surface area contributed by atoms with Crippen LogP contribution in [-0.2, 0) is 6.42 Å². The molecule has 0 fully saturated rings. The van der Waals surface area contributed by atoms with Gasteiger partial charge in [0.05, 0.1) is 36.1 Å². The second-order valence-corrected chi connectivity index (χ2v) is 5.57. The first-order valence-electron chi connectivity index (χ1n) is 6.20. The molecule has 0 aliphatic carbocycles. The Hall–Kier alpha value is -1.46. The van der Waals surface area contributed by atoms with E-state index in [1.54, 1.807) is 31.6 Å². The molecule has 0 saturated heterocycles. The molecule has 0 spiro atoms. The predicted octanol–water partition coefficient (Wildman–Crippen LogP) is 3.78. The molecular weight excluding hydrogens is 296 g/mol. The maximum Gasteiger partial charge on any atom is 0.145 e. The molecule has 1 aromatic carbocycles. The van der Waals surface area contributed by atoms with Crippen LogP contribution in [0.3, 0.4) is 0 Å². The fraction of sp³-hybridized carbons (Fsp3) is 0.357. The van der Waals surface area contributed by atoms with E-state index in [9.17, 15) is 0 Å². The molecule has 2 rings (SSSR count). The molecule has 0 amide bonds. The van der Waals surface area contributed by atoms with Gasteiger partial charge in [-0.25, -0.2) is 4.98 Å². The van der Waals surface area contributed by atoms with E-state index >= 15 is 0 Å². The topological polar surface area (TPSA) is 43.4 Å². The average Bonchev–Trinajstić information content (AvgIpc) is 2.85. The number of aryl methyl sites for hydroxylation is 1. The van der Waals surface area contributed by atoms with Gasteiger partial charge < -0.3 is 14.8 Å². The zero-order chi connectivity index (χ0) is 14.5. The summed E-state index contributed by atoms with van der Waals surface area (Å²) in [6.07, 6.45) is 0.920.